The molecule has 1 saturated heterocycles. The Morgan fingerprint density at radius 1 is 1.17 bits per heavy atom. The van der Waals surface area contributed by atoms with Gasteiger partial charge in [-0.25, -0.2) is 4.98 Å². The Labute approximate surface area is 175 Å². The highest BCUT2D eigenvalue weighted by atomic mass is 32.1. The first-order valence-electron chi connectivity index (χ1n) is 10.3. The Hall–Kier alpha value is -2.60. The van der Waals surface area contributed by atoms with E-state index >= 15 is 0 Å². The third kappa shape index (κ3) is 4.22. The average Bonchev–Trinajstić information content (AvgIpc) is 3.08. The molecule has 1 aromatic carbocycles. The van der Waals surface area contributed by atoms with Crippen LogP contribution in [0.5, 0.6) is 0 Å². The zero-order valence-corrected chi connectivity index (χ0v) is 17.9. The summed E-state index contributed by atoms with van der Waals surface area (Å²) in [4.78, 5) is 21.0. The molecule has 3 N–H and O–H groups in total. The SMILES string of the molecule is Cc1ccc2c(N)c(C(=O)NC[C@@H](C)c3ccc(N4CCCCC4)cc3)sc2n1. The van der Waals surface area contributed by atoms with Crippen molar-refractivity contribution in [3.05, 3.63) is 52.5 Å². The smallest absolute Gasteiger partial charge is 0.263 e. The van der Waals surface area contributed by atoms with Crippen LogP contribution in [0.25, 0.3) is 10.2 Å². The molecule has 1 fully saturated rings. The van der Waals surface area contributed by atoms with Gasteiger partial charge in [-0.3, -0.25) is 4.79 Å². The summed E-state index contributed by atoms with van der Waals surface area (Å²) in [5.74, 6) is 0.102. The summed E-state index contributed by atoms with van der Waals surface area (Å²) in [6.45, 7) is 6.94. The van der Waals surface area contributed by atoms with Crippen molar-refractivity contribution >= 4 is 38.8 Å². The van der Waals surface area contributed by atoms with Crippen LogP contribution in [0.1, 0.15) is 53.0 Å². The van der Waals surface area contributed by atoms with Gasteiger partial charge in [-0.1, -0.05) is 19.1 Å². The third-order valence-corrected chi connectivity index (χ3v) is 6.81. The van der Waals surface area contributed by atoms with Crippen LogP contribution < -0.4 is 16.0 Å². The van der Waals surface area contributed by atoms with Crippen molar-refractivity contribution in [3.8, 4) is 0 Å². The Morgan fingerprint density at radius 2 is 1.90 bits per heavy atom. The van der Waals surface area contributed by atoms with Gasteiger partial charge in [0.2, 0.25) is 0 Å². The summed E-state index contributed by atoms with van der Waals surface area (Å²) in [5, 5.41) is 3.90. The molecule has 152 valence electrons. The monoisotopic (exact) mass is 408 g/mol. The Morgan fingerprint density at radius 3 is 2.62 bits per heavy atom. The van der Waals surface area contributed by atoms with Crippen LogP contribution in [0.4, 0.5) is 11.4 Å². The minimum atomic E-state index is -0.125. The Balaban J connectivity index is 1.39. The fourth-order valence-electron chi connectivity index (χ4n) is 3.87. The maximum atomic E-state index is 12.7. The van der Waals surface area contributed by atoms with Crippen molar-refractivity contribution in [1.82, 2.24) is 10.3 Å². The van der Waals surface area contributed by atoms with Crippen LogP contribution in [0.2, 0.25) is 0 Å². The lowest BCUT2D eigenvalue weighted by molar-refractivity contribution is 0.0956. The van der Waals surface area contributed by atoms with E-state index in [1.165, 1.54) is 41.9 Å². The topological polar surface area (TPSA) is 71.2 Å². The quantitative estimate of drug-likeness (QED) is 0.641. The standard InChI is InChI=1S/C23H28N4OS/c1-15(17-7-9-18(10-8-17)27-12-4-3-5-13-27)14-25-22(28)21-20(24)19-11-6-16(2)26-23(19)29-21/h6-11,15H,3-5,12-14,24H2,1-2H3,(H,25,28)/t15-/m1/s1. The van der Waals surface area contributed by atoms with Gasteiger partial charge in [-0.05, 0) is 61.9 Å². The van der Waals surface area contributed by atoms with Crippen molar-refractivity contribution < 1.29 is 4.79 Å². The predicted octanol–water partition coefficient (Wildman–Crippen LogP) is 4.71. The number of aryl methyl sites for hydroxylation is 1. The van der Waals surface area contributed by atoms with Crippen molar-refractivity contribution in [2.24, 2.45) is 0 Å². The van der Waals surface area contributed by atoms with Gasteiger partial charge in [0.1, 0.15) is 9.71 Å². The number of hydrogen-bond acceptors (Lipinski definition) is 5. The molecule has 1 amide bonds. The Bertz CT molecular complexity index is 1010. The lowest BCUT2D eigenvalue weighted by atomic mass is 10.00. The number of nitrogens with one attached hydrogen (secondary N) is 1. The molecule has 3 aromatic rings. The van der Waals surface area contributed by atoms with E-state index in [-0.39, 0.29) is 11.8 Å². The largest absolute Gasteiger partial charge is 0.397 e. The molecule has 0 spiro atoms. The first-order chi connectivity index (χ1) is 14.0. The minimum Gasteiger partial charge on any atom is -0.397 e. The summed E-state index contributed by atoms with van der Waals surface area (Å²) in [6.07, 6.45) is 3.89. The number of anilines is 2. The summed E-state index contributed by atoms with van der Waals surface area (Å²) in [7, 11) is 0. The lowest BCUT2D eigenvalue weighted by Gasteiger charge is -2.29. The highest BCUT2D eigenvalue weighted by Gasteiger charge is 2.18. The number of piperidine rings is 1. The summed E-state index contributed by atoms with van der Waals surface area (Å²) in [5.41, 5.74) is 10.2. The molecule has 2 aromatic heterocycles. The van der Waals surface area contributed by atoms with Gasteiger partial charge >= 0.3 is 0 Å². The number of aromatic nitrogens is 1. The second-order valence-electron chi connectivity index (χ2n) is 7.90. The molecule has 0 radical (unpaired) electrons. The van der Waals surface area contributed by atoms with Gasteiger partial charge in [-0.2, -0.15) is 0 Å². The molecule has 29 heavy (non-hydrogen) atoms. The molecule has 0 saturated carbocycles. The van der Waals surface area contributed by atoms with Gasteiger partial charge in [0.05, 0.1) is 5.69 Å². The van der Waals surface area contributed by atoms with Gasteiger partial charge in [0.15, 0.2) is 0 Å². The second-order valence-corrected chi connectivity index (χ2v) is 8.90. The van der Waals surface area contributed by atoms with Gasteiger partial charge < -0.3 is 16.0 Å². The van der Waals surface area contributed by atoms with Crippen LogP contribution in [-0.4, -0.2) is 30.5 Å². The molecule has 0 bridgehead atoms. The van der Waals surface area contributed by atoms with Gasteiger partial charge in [-0.15, -0.1) is 11.3 Å². The molecule has 5 nitrogen and oxygen atoms in total. The van der Waals surface area contributed by atoms with Crippen LogP contribution in [-0.2, 0) is 0 Å². The molecule has 1 aliphatic rings. The van der Waals surface area contributed by atoms with E-state index in [1.54, 1.807) is 0 Å². The first kappa shape index (κ1) is 19.7. The summed E-state index contributed by atoms with van der Waals surface area (Å²) < 4.78 is 0. The number of nitrogens with two attached hydrogens (primary N) is 1. The van der Waals surface area contributed by atoms with Crippen molar-refractivity contribution in [2.75, 3.05) is 30.3 Å². The van der Waals surface area contributed by atoms with E-state index in [2.05, 4.69) is 46.4 Å². The van der Waals surface area contributed by atoms with Crippen molar-refractivity contribution in [3.63, 3.8) is 0 Å². The van der Waals surface area contributed by atoms with Crippen LogP contribution >= 0.6 is 11.3 Å². The normalized spacial score (nSPS) is 15.4. The number of nitrogens with zero attached hydrogens (tertiary/aromatic N) is 2. The number of thiophene rings is 1. The van der Waals surface area contributed by atoms with Crippen LogP contribution in [0.3, 0.4) is 0 Å². The molecule has 1 atom stereocenters. The molecule has 0 unspecified atom stereocenters. The number of nitrogen functional groups attached to an aromatic ring is 1. The molecular weight excluding hydrogens is 380 g/mol. The van der Waals surface area contributed by atoms with E-state index < -0.39 is 0 Å². The molecule has 3 heterocycles. The minimum absolute atomic E-state index is 0.125. The van der Waals surface area contributed by atoms with E-state index in [0.29, 0.717) is 17.1 Å². The molecule has 6 heteroatoms. The molecule has 1 aliphatic heterocycles. The molecule has 0 aliphatic carbocycles. The van der Waals surface area contributed by atoms with Crippen LogP contribution in [0, 0.1) is 6.92 Å². The molecule has 4 rings (SSSR count). The van der Waals surface area contributed by atoms with E-state index in [9.17, 15) is 4.79 Å². The third-order valence-electron chi connectivity index (χ3n) is 5.69. The average molecular weight is 409 g/mol. The number of fused-ring (bicyclic) bond motifs is 1. The van der Waals surface area contributed by atoms with Crippen molar-refractivity contribution in [1.29, 1.82) is 0 Å². The van der Waals surface area contributed by atoms with Gasteiger partial charge in [0, 0.05) is 36.4 Å². The highest BCUT2D eigenvalue weighted by molar-refractivity contribution is 7.21. The highest BCUT2D eigenvalue weighted by Crippen LogP contribution is 2.32. The number of carbonyl (C=O) groups is 1. The number of pyridine rings is 1. The summed E-state index contributed by atoms with van der Waals surface area (Å²) >= 11 is 1.36. The number of carbonyl (C=O) groups excluding carboxylic acids is 1. The fraction of sp³-hybridized carbons (Fsp3) is 0.391. The zero-order chi connectivity index (χ0) is 20.4. The fourth-order valence-corrected chi connectivity index (χ4v) is 4.92. The maximum absolute atomic E-state index is 12.7. The predicted molar refractivity (Wildman–Crippen MR) is 122 cm³/mol. The number of amides is 1. The number of benzene rings is 1. The van der Waals surface area contributed by atoms with E-state index in [0.717, 1.165) is 29.0 Å². The second kappa shape index (κ2) is 8.41. The number of rotatable bonds is 5. The zero-order valence-electron chi connectivity index (χ0n) is 17.1. The van der Waals surface area contributed by atoms with E-state index in [1.807, 2.05) is 19.1 Å². The maximum Gasteiger partial charge on any atom is 0.263 e. The van der Waals surface area contributed by atoms with Gasteiger partial charge in [0.25, 0.3) is 5.91 Å². The summed E-state index contributed by atoms with van der Waals surface area (Å²) in [6, 6.07) is 12.6. The van der Waals surface area contributed by atoms with Crippen LogP contribution in [0.15, 0.2) is 36.4 Å². The number of hydrogen-bond donors (Lipinski definition) is 2. The van der Waals surface area contributed by atoms with Crippen molar-refractivity contribution in [2.45, 2.75) is 39.0 Å². The lowest BCUT2D eigenvalue weighted by Crippen LogP contribution is -2.29. The first-order valence-corrected chi connectivity index (χ1v) is 11.1. The molecular formula is C23H28N4OS. The van der Waals surface area contributed by atoms with E-state index in [4.69, 9.17) is 5.73 Å². The Kier molecular flexibility index (Phi) is 5.72.